The quantitative estimate of drug-likeness (QED) is 0.544. The maximum absolute atomic E-state index is 14.0. The van der Waals surface area contributed by atoms with Crippen LogP contribution in [0.2, 0.25) is 0 Å². The number of carbonyl (C=O) groups excluding carboxylic acids is 1. The highest BCUT2D eigenvalue weighted by Gasteiger charge is 2.30. The minimum atomic E-state index is -4.77. The van der Waals surface area contributed by atoms with Gasteiger partial charge in [-0.25, -0.2) is 4.39 Å². The smallest absolute Gasteiger partial charge is 0.406 e. The number of halogens is 4. The second-order valence-electron chi connectivity index (χ2n) is 5.55. The Labute approximate surface area is 150 Å². The lowest BCUT2D eigenvalue weighted by Crippen LogP contribution is -2.16. The third kappa shape index (κ3) is 4.43. The van der Waals surface area contributed by atoms with Gasteiger partial charge in [0.25, 0.3) is 0 Å². The average molecular weight is 379 g/mol. The lowest BCUT2D eigenvalue weighted by atomic mass is 10.2. The highest BCUT2D eigenvalue weighted by Crippen LogP contribution is 2.25. The third-order valence-electron chi connectivity index (χ3n) is 3.61. The van der Waals surface area contributed by atoms with E-state index in [4.69, 9.17) is 0 Å². The molecule has 3 aromatic rings. The Hall–Kier alpha value is -3.36. The van der Waals surface area contributed by atoms with Gasteiger partial charge >= 0.3 is 6.36 Å². The molecule has 0 aliphatic carbocycles. The van der Waals surface area contributed by atoms with Gasteiger partial charge in [-0.05, 0) is 35.9 Å². The van der Waals surface area contributed by atoms with Gasteiger partial charge in [0.2, 0.25) is 5.91 Å². The molecule has 27 heavy (non-hydrogen) atoms. The number of hydrogen-bond donors (Lipinski definition) is 1. The van der Waals surface area contributed by atoms with Gasteiger partial charge in [-0.3, -0.25) is 9.48 Å². The molecule has 0 fully saturated rings. The fraction of sp³-hybridized carbons (Fsp3) is 0.111. The van der Waals surface area contributed by atoms with Gasteiger partial charge in [-0.2, -0.15) is 5.10 Å². The monoisotopic (exact) mass is 379 g/mol. The summed E-state index contributed by atoms with van der Waals surface area (Å²) in [7, 11) is 1.62. The molecule has 0 saturated heterocycles. The number of nitrogens with zero attached hydrogens (tertiary/aromatic N) is 2. The van der Waals surface area contributed by atoms with Crippen molar-refractivity contribution >= 4 is 28.7 Å². The summed E-state index contributed by atoms with van der Waals surface area (Å²) < 4.78 is 55.6. The van der Waals surface area contributed by atoms with Gasteiger partial charge in [0, 0.05) is 13.1 Å². The van der Waals surface area contributed by atoms with Crippen molar-refractivity contribution in [2.45, 2.75) is 6.36 Å². The average Bonchev–Trinajstić information content (AvgIpc) is 2.90. The minimum Gasteiger partial charge on any atom is -0.406 e. The number of alkyl halides is 3. The third-order valence-corrected chi connectivity index (χ3v) is 3.61. The number of aromatic nitrogens is 2. The van der Waals surface area contributed by atoms with Crippen LogP contribution in [0.4, 0.5) is 23.4 Å². The SMILES string of the molecule is Cn1nc(NC(=O)C=Cc2ccc(OC(F)(F)F)cc2)c2c(F)cccc21. The Morgan fingerprint density at radius 1 is 1.19 bits per heavy atom. The van der Waals surface area contributed by atoms with E-state index in [1.54, 1.807) is 13.1 Å². The van der Waals surface area contributed by atoms with Gasteiger partial charge in [-0.1, -0.05) is 18.2 Å². The fourth-order valence-electron chi connectivity index (χ4n) is 2.47. The van der Waals surface area contributed by atoms with Crippen LogP contribution in [0.25, 0.3) is 17.0 Å². The van der Waals surface area contributed by atoms with Crippen LogP contribution in [-0.2, 0) is 11.8 Å². The van der Waals surface area contributed by atoms with Crippen LogP contribution in [0.15, 0.2) is 48.5 Å². The molecule has 0 spiro atoms. The normalized spacial score (nSPS) is 11.9. The van der Waals surface area contributed by atoms with Gasteiger partial charge in [0.05, 0.1) is 10.9 Å². The molecule has 9 heteroatoms. The minimum absolute atomic E-state index is 0.0779. The molecule has 0 aliphatic rings. The first-order valence-electron chi connectivity index (χ1n) is 7.69. The zero-order valence-electron chi connectivity index (χ0n) is 13.9. The van der Waals surface area contributed by atoms with Gasteiger partial charge in [0.15, 0.2) is 5.82 Å². The Morgan fingerprint density at radius 3 is 2.56 bits per heavy atom. The van der Waals surface area contributed by atoms with Crippen molar-refractivity contribution in [3.8, 4) is 5.75 Å². The van der Waals surface area contributed by atoms with E-state index in [1.165, 1.54) is 41.1 Å². The number of nitrogens with one attached hydrogen (secondary N) is 1. The van der Waals surface area contributed by atoms with Crippen LogP contribution in [0.1, 0.15) is 5.56 Å². The zero-order valence-corrected chi connectivity index (χ0v) is 13.9. The number of fused-ring (bicyclic) bond motifs is 1. The second kappa shape index (κ2) is 7.10. The predicted molar refractivity (Wildman–Crippen MR) is 91.5 cm³/mol. The Balaban J connectivity index is 1.71. The van der Waals surface area contributed by atoms with Crippen LogP contribution >= 0.6 is 0 Å². The topological polar surface area (TPSA) is 56.2 Å². The Morgan fingerprint density at radius 2 is 1.89 bits per heavy atom. The first kappa shape index (κ1) is 18.4. The molecule has 1 N–H and O–H groups in total. The van der Waals surface area contributed by atoms with Gasteiger partial charge in [0.1, 0.15) is 11.6 Å². The Kier molecular flexibility index (Phi) is 4.85. The van der Waals surface area contributed by atoms with Crippen LogP contribution in [0, 0.1) is 5.82 Å². The van der Waals surface area contributed by atoms with E-state index in [9.17, 15) is 22.4 Å². The molecule has 1 amide bonds. The lowest BCUT2D eigenvalue weighted by Gasteiger charge is -2.08. The van der Waals surface area contributed by atoms with Crippen LogP contribution in [-0.4, -0.2) is 22.1 Å². The number of carbonyl (C=O) groups is 1. The molecule has 0 atom stereocenters. The van der Waals surface area contributed by atoms with Crippen molar-refractivity contribution in [1.29, 1.82) is 0 Å². The number of rotatable bonds is 4. The summed E-state index contributed by atoms with van der Waals surface area (Å²) in [5, 5.41) is 6.76. The molecule has 0 aliphatic heterocycles. The van der Waals surface area contributed by atoms with Crippen molar-refractivity contribution in [1.82, 2.24) is 9.78 Å². The molecule has 140 valence electrons. The molecule has 0 saturated carbocycles. The van der Waals surface area contributed by atoms with Crippen molar-refractivity contribution in [3.05, 3.63) is 59.9 Å². The Bertz CT molecular complexity index is 1010. The molecular formula is C18H13F4N3O2. The number of aryl methyl sites for hydroxylation is 1. The molecule has 0 bridgehead atoms. The van der Waals surface area contributed by atoms with Crippen molar-refractivity contribution < 1.29 is 27.1 Å². The molecule has 1 heterocycles. The number of ether oxygens (including phenoxy) is 1. The maximum atomic E-state index is 14.0. The predicted octanol–water partition coefficient (Wildman–Crippen LogP) is 4.26. The van der Waals surface area contributed by atoms with E-state index in [-0.39, 0.29) is 17.0 Å². The van der Waals surface area contributed by atoms with E-state index in [0.717, 1.165) is 12.1 Å². The summed E-state index contributed by atoms with van der Waals surface area (Å²) >= 11 is 0. The van der Waals surface area contributed by atoms with Gasteiger partial charge in [-0.15, -0.1) is 13.2 Å². The summed E-state index contributed by atoms with van der Waals surface area (Å²) in [6.07, 6.45) is -2.20. The molecular weight excluding hydrogens is 366 g/mol. The van der Waals surface area contributed by atoms with Crippen molar-refractivity contribution in [2.24, 2.45) is 7.05 Å². The number of hydrogen-bond acceptors (Lipinski definition) is 3. The van der Waals surface area contributed by atoms with Crippen LogP contribution in [0.5, 0.6) is 5.75 Å². The number of benzene rings is 2. The summed E-state index contributed by atoms with van der Waals surface area (Å²) in [4.78, 5) is 12.1. The van der Waals surface area contributed by atoms with Gasteiger partial charge < -0.3 is 10.1 Å². The fourth-order valence-corrected chi connectivity index (χ4v) is 2.47. The lowest BCUT2D eigenvalue weighted by molar-refractivity contribution is -0.274. The summed E-state index contributed by atoms with van der Waals surface area (Å²) in [5.74, 6) is -1.36. The highest BCUT2D eigenvalue weighted by molar-refractivity contribution is 6.06. The number of anilines is 1. The summed E-state index contributed by atoms with van der Waals surface area (Å²) in [6, 6.07) is 9.46. The second-order valence-corrected chi connectivity index (χ2v) is 5.55. The molecule has 0 radical (unpaired) electrons. The largest absolute Gasteiger partial charge is 0.573 e. The van der Waals surface area contributed by atoms with E-state index in [1.807, 2.05) is 0 Å². The van der Waals surface area contributed by atoms with Crippen LogP contribution < -0.4 is 10.1 Å². The molecule has 0 unspecified atom stereocenters. The number of amides is 1. The van der Waals surface area contributed by atoms with Crippen molar-refractivity contribution in [2.75, 3.05) is 5.32 Å². The summed E-state index contributed by atoms with van der Waals surface area (Å²) in [6.45, 7) is 0. The molecule has 2 aromatic carbocycles. The first-order valence-corrected chi connectivity index (χ1v) is 7.69. The summed E-state index contributed by atoms with van der Waals surface area (Å²) in [5.41, 5.74) is 1.01. The van der Waals surface area contributed by atoms with E-state index < -0.39 is 18.1 Å². The van der Waals surface area contributed by atoms with E-state index in [0.29, 0.717) is 11.1 Å². The molecule has 5 nitrogen and oxygen atoms in total. The van der Waals surface area contributed by atoms with E-state index >= 15 is 0 Å². The molecule has 1 aromatic heterocycles. The highest BCUT2D eigenvalue weighted by atomic mass is 19.4. The zero-order chi connectivity index (χ0) is 19.6. The van der Waals surface area contributed by atoms with Crippen molar-refractivity contribution in [3.63, 3.8) is 0 Å². The maximum Gasteiger partial charge on any atom is 0.573 e. The standard InChI is InChI=1S/C18H13F4N3O2/c1-25-14-4-2-3-13(19)16(14)17(24-25)23-15(26)10-7-11-5-8-12(9-6-11)27-18(20,21)22/h2-10H,1H3,(H,23,24,26). The first-order chi connectivity index (χ1) is 12.7. The van der Waals surface area contributed by atoms with E-state index in [2.05, 4.69) is 15.2 Å². The molecule has 3 rings (SSSR count). The van der Waals surface area contributed by atoms with Crippen LogP contribution in [0.3, 0.4) is 0 Å².